The molecule has 7 heteroatoms. The maximum Gasteiger partial charge on any atom is 0.322 e. The number of likely N-dealkylation sites (tertiary alicyclic amines) is 1. The summed E-state index contributed by atoms with van der Waals surface area (Å²) in [5.41, 5.74) is 5.79. The largest absolute Gasteiger partial charge is 0.408 e. The van der Waals surface area contributed by atoms with Gasteiger partial charge in [0.25, 0.3) is 0 Å². The molecule has 1 saturated carbocycles. The van der Waals surface area contributed by atoms with Gasteiger partial charge >= 0.3 is 6.01 Å². The first-order chi connectivity index (χ1) is 10.2. The molecule has 0 bridgehead atoms. The fraction of sp³-hybridized carbons (Fsp3) is 0.786. The summed E-state index contributed by atoms with van der Waals surface area (Å²) >= 11 is 0. The van der Waals surface area contributed by atoms with Gasteiger partial charge in [0.1, 0.15) is 0 Å². The fourth-order valence-corrected chi connectivity index (χ4v) is 2.82. The number of nitrogens with two attached hydrogens (primary N) is 1. The molecule has 2 atom stereocenters. The van der Waals surface area contributed by atoms with Crippen LogP contribution in [0.1, 0.15) is 38.0 Å². The van der Waals surface area contributed by atoms with Crippen LogP contribution in [0, 0.1) is 11.8 Å². The Labute approximate surface area is 124 Å². The molecule has 1 aliphatic carbocycles. The number of piperidine rings is 1. The Bertz CT molecular complexity index is 499. The lowest BCUT2D eigenvalue weighted by atomic mass is 9.87. The first-order valence-electron chi connectivity index (χ1n) is 7.71. The summed E-state index contributed by atoms with van der Waals surface area (Å²) in [5.74, 6) is 2.03. The van der Waals surface area contributed by atoms with Crippen LogP contribution in [0.3, 0.4) is 0 Å². The van der Waals surface area contributed by atoms with Crippen molar-refractivity contribution in [2.75, 3.05) is 31.5 Å². The van der Waals surface area contributed by atoms with Gasteiger partial charge in [-0.25, -0.2) is 0 Å². The zero-order valence-corrected chi connectivity index (χ0v) is 12.4. The third-order valence-electron chi connectivity index (χ3n) is 4.48. The van der Waals surface area contributed by atoms with Gasteiger partial charge in [0, 0.05) is 12.5 Å². The molecule has 0 aromatic carbocycles. The van der Waals surface area contributed by atoms with E-state index in [2.05, 4.69) is 27.3 Å². The van der Waals surface area contributed by atoms with Crippen molar-refractivity contribution in [2.24, 2.45) is 17.6 Å². The molecule has 1 aromatic heterocycles. The van der Waals surface area contributed by atoms with E-state index in [1.165, 1.54) is 0 Å². The predicted molar refractivity (Wildman–Crippen MR) is 77.7 cm³/mol. The van der Waals surface area contributed by atoms with Crippen LogP contribution in [0.15, 0.2) is 4.42 Å². The third-order valence-corrected chi connectivity index (χ3v) is 4.48. The van der Waals surface area contributed by atoms with E-state index in [0.717, 1.165) is 32.4 Å². The van der Waals surface area contributed by atoms with Gasteiger partial charge in [-0.1, -0.05) is 12.0 Å². The Balaban J connectivity index is 1.49. The zero-order chi connectivity index (χ0) is 14.8. The average Bonchev–Trinajstić information content (AvgIpc) is 3.22. The van der Waals surface area contributed by atoms with Crippen LogP contribution in [0.5, 0.6) is 0 Å². The van der Waals surface area contributed by atoms with Gasteiger partial charge in [0.05, 0.1) is 6.54 Å². The first kappa shape index (κ1) is 14.5. The van der Waals surface area contributed by atoms with Crippen LogP contribution in [-0.2, 0) is 4.79 Å². The van der Waals surface area contributed by atoms with Crippen molar-refractivity contribution in [1.29, 1.82) is 0 Å². The number of rotatable bonds is 5. The molecular weight excluding hydrogens is 270 g/mol. The van der Waals surface area contributed by atoms with Gasteiger partial charge in [0.2, 0.25) is 11.8 Å². The van der Waals surface area contributed by atoms with Gasteiger partial charge in [0.15, 0.2) is 0 Å². The Morgan fingerprint density at radius 2 is 2.24 bits per heavy atom. The zero-order valence-electron chi connectivity index (χ0n) is 12.4. The molecule has 0 spiro atoms. The van der Waals surface area contributed by atoms with Gasteiger partial charge in [-0.15, -0.1) is 5.10 Å². The van der Waals surface area contributed by atoms with Gasteiger partial charge in [-0.3, -0.25) is 15.0 Å². The molecule has 1 aromatic rings. The number of hydrogen-bond donors (Lipinski definition) is 2. The molecular formula is C14H23N5O2. The normalized spacial score (nSPS) is 26.8. The summed E-state index contributed by atoms with van der Waals surface area (Å²) in [6.45, 7) is 5.06. The Hall–Kier alpha value is -1.47. The van der Waals surface area contributed by atoms with Crippen molar-refractivity contribution in [2.45, 2.75) is 32.1 Å². The summed E-state index contributed by atoms with van der Waals surface area (Å²) in [6.07, 6.45) is 3.28. The smallest absolute Gasteiger partial charge is 0.322 e. The number of carbonyl (C=O) groups excluding carboxylic acids is 1. The van der Waals surface area contributed by atoms with Gasteiger partial charge in [-0.2, -0.15) is 0 Å². The molecule has 2 unspecified atom stereocenters. The average molecular weight is 293 g/mol. The quantitative estimate of drug-likeness (QED) is 0.833. The molecule has 1 amide bonds. The number of carbonyl (C=O) groups is 1. The fourth-order valence-electron chi connectivity index (χ4n) is 2.82. The van der Waals surface area contributed by atoms with E-state index in [-0.39, 0.29) is 11.9 Å². The van der Waals surface area contributed by atoms with Gasteiger partial charge < -0.3 is 10.2 Å². The molecule has 7 nitrogen and oxygen atoms in total. The van der Waals surface area contributed by atoms with Crippen LogP contribution in [0.2, 0.25) is 0 Å². The molecule has 3 rings (SSSR count). The Kier molecular flexibility index (Phi) is 4.21. The van der Waals surface area contributed by atoms with E-state index in [9.17, 15) is 4.79 Å². The molecule has 1 aliphatic heterocycles. The first-order valence-corrected chi connectivity index (χ1v) is 7.71. The molecule has 116 valence electrons. The maximum atomic E-state index is 12.0. The highest BCUT2D eigenvalue weighted by atomic mass is 16.4. The lowest BCUT2D eigenvalue weighted by Crippen LogP contribution is -2.45. The monoisotopic (exact) mass is 293 g/mol. The van der Waals surface area contributed by atoms with E-state index < -0.39 is 0 Å². The summed E-state index contributed by atoms with van der Waals surface area (Å²) < 4.78 is 5.43. The van der Waals surface area contributed by atoms with Crippen molar-refractivity contribution in [3.05, 3.63) is 5.89 Å². The Morgan fingerprint density at radius 1 is 1.43 bits per heavy atom. The van der Waals surface area contributed by atoms with E-state index >= 15 is 0 Å². The number of aromatic nitrogens is 2. The topological polar surface area (TPSA) is 97.3 Å². The number of nitrogens with zero attached hydrogens (tertiary/aromatic N) is 3. The number of amides is 1. The molecule has 2 aliphatic rings. The van der Waals surface area contributed by atoms with Crippen molar-refractivity contribution in [3.8, 4) is 0 Å². The highest BCUT2D eigenvalue weighted by molar-refractivity contribution is 5.90. The third kappa shape index (κ3) is 3.59. The van der Waals surface area contributed by atoms with Crippen molar-refractivity contribution >= 4 is 11.9 Å². The minimum absolute atomic E-state index is 0.105. The maximum absolute atomic E-state index is 12.0. The predicted octanol–water partition coefficient (Wildman–Crippen LogP) is 0.802. The summed E-state index contributed by atoms with van der Waals surface area (Å²) in [7, 11) is 0. The lowest BCUT2D eigenvalue weighted by Gasteiger charge is -2.35. The Morgan fingerprint density at radius 3 is 2.95 bits per heavy atom. The number of nitrogens with one attached hydrogen (secondary N) is 1. The second kappa shape index (κ2) is 6.11. The second-order valence-electron chi connectivity index (χ2n) is 6.26. The van der Waals surface area contributed by atoms with Crippen LogP contribution >= 0.6 is 0 Å². The highest BCUT2D eigenvalue weighted by Gasteiger charge is 2.30. The van der Waals surface area contributed by atoms with E-state index in [1.807, 2.05) is 0 Å². The van der Waals surface area contributed by atoms with Crippen LogP contribution in [0.4, 0.5) is 6.01 Å². The molecule has 2 fully saturated rings. The van der Waals surface area contributed by atoms with Crippen molar-refractivity contribution < 1.29 is 9.21 Å². The van der Waals surface area contributed by atoms with Crippen molar-refractivity contribution in [3.63, 3.8) is 0 Å². The van der Waals surface area contributed by atoms with Crippen LogP contribution < -0.4 is 11.1 Å². The number of anilines is 1. The standard InChI is InChI=1S/C14H23N5O2/c1-9-4-5-19(7-11(9)6-15)8-12(20)16-14-18-17-13(21-14)10-2-3-10/h9-11H,2-8,15H2,1H3,(H,16,18,20). The van der Waals surface area contributed by atoms with Gasteiger partial charge in [-0.05, 0) is 44.2 Å². The summed E-state index contributed by atoms with van der Waals surface area (Å²) in [6, 6.07) is 0.211. The molecule has 1 saturated heterocycles. The second-order valence-corrected chi connectivity index (χ2v) is 6.26. The minimum atomic E-state index is -0.105. The summed E-state index contributed by atoms with van der Waals surface area (Å²) in [4.78, 5) is 14.2. The SMILES string of the molecule is CC1CCN(CC(=O)Nc2nnc(C3CC3)o2)CC1CN. The van der Waals surface area contributed by atoms with Crippen LogP contribution in [0.25, 0.3) is 0 Å². The van der Waals surface area contributed by atoms with Crippen LogP contribution in [-0.4, -0.2) is 47.2 Å². The lowest BCUT2D eigenvalue weighted by molar-refractivity contribution is -0.118. The van der Waals surface area contributed by atoms with E-state index in [0.29, 0.717) is 36.7 Å². The molecule has 2 heterocycles. The minimum Gasteiger partial charge on any atom is -0.408 e. The summed E-state index contributed by atoms with van der Waals surface area (Å²) in [5, 5.41) is 10.5. The van der Waals surface area contributed by atoms with E-state index in [4.69, 9.17) is 10.2 Å². The van der Waals surface area contributed by atoms with E-state index in [1.54, 1.807) is 0 Å². The molecule has 3 N–H and O–H groups in total. The highest BCUT2D eigenvalue weighted by Crippen LogP contribution is 2.39. The molecule has 21 heavy (non-hydrogen) atoms. The number of hydrogen-bond acceptors (Lipinski definition) is 6. The molecule has 0 radical (unpaired) electrons. The van der Waals surface area contributed by atoms with Crippen molar-refractivity contribution in [1.82, 2.24) is 15.1 Å².